The zero-order valence-corrected chi connectivity index (χ0v) is 12.4. The molecule has 4 nitrogen and oxygen atoms in total. The monoisotopic (exact) mass is 263 g/mol. The van der Waals surface area contributed by atoms with Crippen LogP contribution in [0, 0.1) is 12.8 Å². The molecule has 0 saturated heterocycles. The Balaban J connectivity index is 2.56. The minimum Gasteiger partial charge on any atom is -0.397 e. The molecular formula is C15H25N3O. The summed E-state index contributed by atoms with van der Waals surface area (Å²) in [5.41, 5.74) is 8.19. The van der Waals surface area contributed by atoms with E-state index in [4.69, 9.17) is 5.73 Å². The topological polar surface area (TPSA) is 58.4 Å². The molecule has 0 heterocycles. The van der Waals surface area contributed by atoms with Gasteiger partial charge in [-0.1, -0.05) is 32.4 Å². The molecule has 1 aromatic rings. The maximum Gasteiger partial charge on any atom is 0.238 e. The molecule has 3 N–H and O–H groups in total. The molecule has 0 spiro atoms. The number of nitrogens with two attached hydrogens (primary N) is 1. The fourth-order valence-corrected chi connectivity index (χ4v) is 2.01. The van der Waals surface area contributed by atoms with E-state index in [9.17, 15) is 4.79 Å². The third-order valence-corrected chi connectivity index (χ3v) is 3.30. The molecule has 1 rings (SSSR count). The highest BCUT2D eigenvalue weighted by Gasteiger charge is 2.11. The highest BCUT2D eigenvalue weighted by molar-refractivity contribution is 5.96. The number of carbonyl (C=O) groups is 1. The second-order valence-electron chi connectivity index (χ2n) is 5.30. The Kier molecular flexibility index (Phi) is 5.83. The molecule has 1 unspecified atom stereocenters. The second-order valence-corrected chi connectivity index (χ2v) is 5.30. The molecular weight excluding hydrogens is 238 g/mol. The first-order chi connectivity index (χ1) is 8.93. The van der Waals surface area contributed by atoms with Crippen LogP contribution in [0.3, 0.4) is 0 Å². The van der Waals surface area contributed by atoms with Crippen LogP contribution >= 0.6 is 0 Å². The Morgan fingerprint density at radius 1 is 1.47 bits per heavy atom. The van der Waals surface area contributed by atoms with Crippen LogP contribution in [0.5, 0.6) is 0 Å². The number of amides is 1. The maximum atomic E-state index is 12.0. The number of para-hydroxylation sites is 1. The molecule has 1 aromatic carbocycles. The summed E-state index contributed by atoms with van der Waals surface area (Å²) in [6.45, 7) is 7.60. The van der Waals surface area contributed by atoms with Crippen LogP contribution in [-0.2, 0) is 4.79 Å². The lowest BCUT2D eigenvalue weighted by Crippen LogP contribution is -2.33. The van der Waals surface area contributed by atoms with Gasteiger partial charge in [-0.15, -0.1) is 0 Å². The van der Waals surface area contributed by atoms with E-state index in [0.29, 0.717) is 18.2 Å². The van der Waals surface area contributed by atoms with Gasteiger partial charge in [-0.25, -0.2) is 0 Å². The van der Waals surface area contributed by atoms with E-state index in [1.165, 1.54) is 0 Å². The standard InChI is InChI=1S/C15H25N3O/c1-5-11(2)9-18(4)10-14(19)17-15-12(3)7-6-8-13(15)16/h6-8,11H,5,9-10,16H2,1-4H3,(H,17,19). The molecule has 0 aliphatic carbocycles. The van der Waals surface area contributed by atoms with Crippen molar-refractivity contribution in [1.82, 2.24) is 4.90 Å². The molecule has 106 valence electrons. The summed E-state index contributed by atoms with van der Waals surface area (Å²) < 4.78 is 0. The number of hydrogen-bond acceptors (Lipinski definition) is 3. The highest BCUT2D eigenvalue weighted by atomic mass is 16.2. The van der Waals surface area contributed by atoms with Crippen LogP contribution < -0.4 is 11.1 Å². The van der Waals surface area contributed by atoms with Crippen LogP contribution in [0.25, 0.3) is 0 Å². The highest BCUT2D eigenvalue weighted by Crippen LogP contribution is 2.22. The third kappa shape index (κ3) is 4.91. The minimum absolute atomic E-state index is 0.0215. The van der Waals surface area contributed by atoms with Gasteiger partial charge in [0, 0.05) is 6.54 Å². The number of nitrogen functional groups attached to an aromatic ring is 1. The average Bonchev–Trinajstić information content (AvgIpc) is 2.33. The van der Waals surface area contributed by atoms with Crippen molar-refractivity contribution in [2.45, 2.75) is 27.2 Å². The van der Waals surface area contributed by atoms with E-state index >= 15 is 0 Å². The number of nitrogens with zero attached hydrogens (tertiary/aromatic N) is 1. The zero-order chi connectivity index (χ0) is 14.4. The van der Waals surface area contributed by atoms with Gasteiger partial charge in [0.05, 0.1) is 17.9 Å². The molecule has 19 heavy (non-hydrogen) atoms. The Hall–Kier alpha value is -1.55. The van der Waals surface area contributed by atoms with Gasteiger partial charge in [0.2, 0.25) is 5.91 Å². The number of hydrogen-bond donors (Lipinski definition) is 2. The number of benzene rings is 1. The zero-order valence-electron chi connectivity index (χ0n) is 12.4. The van der Waals surface area contributed by atoms with Crippen molar-refractivity contribution in [3.63, 3.8) is 0 Å². The van der Waals surface area contributed by atoms with Crippen LogP contribution in [0.4, 0.5) is 11.4 Å². The molecule has 0 bridgehead atoms. The molecule has 1 amide bonds. The predicted octanol–water partition coefficient (Wildman–Crippen LogP) is 2.49. The first-order valence-corrected chi connectivity index (χ1v) is 6.77. The Labute approximate surface area is 116 Å². The van der Waals surface area contributed by atoms with Gasteiger partial charge < -0.3 is 11.1 Å². The Morgan fingerprint density at radius 3 is 2.74 bits per heavy atom. The van der Waals surface area contributed by atoms with Gasteiger partial charge in [0.25, 0.3) is 0 Å². The van der Waals surface area contributed by atoms with E-state index in [1.807, 2.05) is 31.0 Å². The predicted molar refractivity (Wildman–Crippen MR) is 81.2 cm³/mol. The lowest BCUT2D eigenvalue weighted by atomic mass is 10.1. The van der Waals surface area contributed by atoms with E-state index in [2.05, 4.69) is 19.2 Å². The molecule has 0 saturated carbocycles. The molecule has 0 aliphatic heterocycles. The molecule has 0 fully saturated rings. The van der Waals surface area contributed by atoms with Gasteiger partial charge in [-0.3, -0.25) is 9.69 Å². The summed E-state index contributed by atoms with van der Waals surface area (Å²) in [6, 6.07) is 5.62. The summed E-state index contributed by atoms with van der Waals surface area (Å²) in [4.78, 5) is 14.0. The normalized spacial score (nSPS) is 12.5. The van der Waals surface area contributed by atoms with Gasteiger partial charge in [0.1, 0.15) is 0 Å². The smallest absolute Gasteiger partial charge is 0.238 e. The summed E-state index contributed by atoms with van der Waals surface area (Å²) in [6.07, 6.45) is 1.12. The fraction of sp³-hybridized carbons (Fsp3) is 0.533. The quantitative estimate of drug-likeness (QED) is 0.775. The summed E-state index contributed by atoms with van der Waals surface area (Å²) in [5.74, 6) is 0.577. The van der Waals surface area contributed by atoms with Crippen molar-refractivity contribution >= 4 is 17.3 Å². The lowest BCUT2D eigenvalue weighted by molar-refractivity contribution is -0.117. The van der Waals surface area contributed by atoms with E-state index in [1.54, 1.807) is 6.07 Å². The number of anilines is 2. The Bertz CT molecular complexity index is 411. The van der Waals surface area contributed by atoms with Crippen molar-refractivity contribution in [2.75, 3.05) is 31.2 Å². The summed E-state index contributed by atoms with van der Waals surface area (Å²) in [7, 11) is 1.97. The number of rotatable bonds is 6. The number of nitrogens with one attached hydrogen (secondary N) is 1. The number of likely N-dealkylation sites (N-methyl/N-ethyl adjacent to an activating group) is 1. The SMILES string of the molecule is CCC(C)CN(C)CC(=O)Nc1c(C)cccc1N. The van der Waals surface area contributed by atoms with Gasteiger partial charge in [0.15, 0.2) is 0 Å². The van der Waals surface area contributed by atoms with Crippen molar-refractivity contribution in [1.29, 1.82) is 0 Å². The van der Waals surface area contributed by atoms with Gasteiger partial charge >= 0.3 is 0 Å². The number of aryl methyl sites for hydroxylation is 1. The fourth-order valence-electron chi connectivity index (χ4n) is 2.01. The summed E-state index contributed by atoms with van der Waals surface area (Å²) in [5, 5.41) is 2.90. The van der Waals surface area contributed by atoms with E-state index in [-0.39, 0.29) is 5.91 Å². The molecule has 0 aliphatic rings. The average molecular weight is 263 g/mol. The van der Waals surface area contributed by atoms with Crippen molar-refractivity contribution in [2.24, 2.45) is 5.92 Å². The first kappa shape index (κ1) is 15.5. The van der Waals surface area contributed by atoms with Gasteiger partial charge in [-0.05, 0) is 31.5 Å². The van der Waals surface area contributed by atoms with Crippen LogP contribution in [-0.4, -0.2) is 30.9 Å². The number of carbonyl (C=O) groups excluding carboxylic acids is 1. The first-order valence-electron chi connectivity index (χ1n) is 6.77. The molecule has 0 radical (unpaired) electrons. The van der Waals surface area contributed by atoms with Crippen molar-refractivity contribution in [3.05, 3.63) is 23.8 Å². The largest absolute Gasteiger partial charge is 0.397 e. The van der Waals surface area contributed by atoms with E-state index < -0.39 is 0 Å². The third-order valence-electron chi connectivity index (χ3n) is 3.30. The van der Waals surface area contributed by atoms with Crippen molar-refractivity contribution < 1.29 is 4.79 Å². The minimum atomic E-state index is -0.0215. The van der Waals surface area contributed by atoms with Gasteiger partial charge in [-0.2, -0.15) is 0 Å². The lowest BCUT2D eigenvalue weighted by Gasteiger charge is -2.20. The van der Waals surface area contributed by atoms with Crippen LogP contribution in [0.1, 0.15) is 25.8 Å². The van der Waals surface area contributed by atoms with Crippen molar-refractivity contribution in [3.8, 4) is 0 Å². The molecule has 4 heteroatoms. The Morgan fingerprint density at radius 2 is 2.16 bits per heavy atom. The maximum absolute atomic E-state index is 12.0. The molecule has 0 aromatic heterocycles. The van der Waals surface area contributed by atoms with E-state index in [0.717, 1.165) is 24.2 Å². The van der Waals surface area contributed by atoms with Crippen LogP contribution in [0.2, 0.25) is 0 Å². The molecule has 1 atom stereocenters. The summed E-state index contributed by atoms with van der Waals surface area (Å²) >= 11 is 0. The van der Waals surface area contributed by atoms with Crippen LogP contribution in [0.15, 0.2) is 18.2 Å². The second kappa shape index (κ2) is 7.14.